The van der Waals surface area contributed by atoms with Crippen molar-refractivity contribution in [2.24, 2.45) is 13.0 Å². The van der Waals surface area contributed by atoms with Crippen molar-refractivity contribution in [3.63, 3.8) is 0 Å². The molecule has 29 heavy (non-hydrogen) atoms. The van der Waals surface area contributed by atoms with E-state index >= 15 is 0 Å². The van der Waals surface area contributed by atoms with E-state index in [1.165, 1.54) is 0 Å². The van der Waals surface area contributed by atoms with Crippen LogP contribution >= 0.6 is 0 Å². The molecule has 0 saturated carbocycles. The maximum Gasteiger partial charge on any atom is 0.278 e. The van der Waals surface area contributed by atoms with Gasteiger partial charge in [-0.15, -0.1) is 5.10 Å². The second kappa shape index (κ2) is 7.46. The number of aryl methyl sites for hydroxylation is 1. The van der Waals surface area contributed by atoms with Crippen molar-refractivity contribution in [2.45, 2.75) is 26.4 Å². The molecule has 1 atom stereocenters. The molecule has 0 fully saturated rings. The van der Waals surface area contributed by atoms with Crippen molar-refractivity contribution in [3.05, 3.63) is 64.7 Å². The normalized spacial score (nSPS) is 12.6. The molecule has 1 N–H and O–H groups in total. The van der Waals surface area contributed by atoms with Gasteiger partial charge in [0.05, 0.1) is 22.5 Å². The molecule has 0 spiro atoms. The van der Waals surface area contributed by atoms with Gasteiger partial charge in [0.2, 0.25) is 5.91 Å². The van der Waals surface area contributed by atoms with Gasteiger partial charge in [0, 0.05) is 7.05 Å². The summed E-state index contributed by atoms with van der Waals surface area (Å²) in [5, 5.41) is 11.4. The number of imidazole rings is 1. The SMILES string of the molecule is CC(C)[C@H](NC(=O)Cn1nnc2ccccc2c1=O)c1nc2ccccc2n1C. The van der Waals surface area contributed by atoms with Gasteiger partial charge in [-0.05, 0) is 30.2 Å². The Labute approximate surface area is 167 Å². The van der Waals surface area contributed by atoms with Crippen LogP contribution in [0.3, 0.4) is 0 Å². The summed E-state index contributed by atoms with van der Waals surface area (Å²) in [7, 11) is 1.94. The van der Waals surface area contributed by atoms with Crippen molar-refractivity contribution in [1.82, 2.24) is 29.9 Å². The molecular formula is C21H22N6O2. The van der Waals surface area contributed by atoms with Crippen LogP contribution in [0.4, 0.5) is 0 Å². The molecule has 4 aromatic rings. The van der Waals surface area contributed by atoms with Crippen LogP contribution in [0.15, 0.2) is 53.3 Å². The monoisotopic (exact) mass is 390 g/mol. The van der Waals surface area contributed by atoms with E-state index in [0.717, 1.165) is 21.5 Å². The fourth-order valence-corrected chi connectivity index (χ4v) is 3.45. The minimum Gasteiger partial charge on any atom is -0.344 e. The van der Waals surface area contributed by atoms with Gasteiger partial charge < -0.3 is 9.88 Å². The Morgan fingerprint density at radius 1 is 1.07 bits per heavy atom. The topological polar surface area (TPSA) is 94.7 Å². The average molecular weight is 390 g/mol. The summed E-state index contributed by atoms with van der Waals surface area (Å²) in [5.74, 6) is 0.558. The number of nitrogens with one attached hydrogen (secondary N) is 1. The van der Waals surface area contributed by atoms with Crippen LogP contribution in [0, 0.1) is 5.92 Å². The lowest BCUT2D eigenvalue weighted by Gasteiger charge is -2.22. The maximum absolute atomic E-state index is 12.7. The lowest BCUT2D eigenvalue weighted by molar-refractivity contribution is -0.123. The first kappa shape index (κ1) is 18.8. The van der Waals surface area contributed by atoms with Crippen LogP contribution in [0.1, 0.15) is 25.7 Å². The third-order valence-electron chi connectivity index (χ3n) is 5.01. The molecule has 0 radical (unpaired) electrons. The summed E-state index contributed by atoms with van der Waals surface area (Å²) in [6.45, 7) is 3.84. The molecule has 8 heteroatoms. The zero-order valence-corrected chi connectivity index (χ0v) is 16.5. The molecule has 8 nitrogen and oxygen atoms in total. The number of hydrogen-bond acceptors (Lipinski definition) is 5. The number of amides is 1. The first-order valence-electron chi connectivity index (χ1n) is 9.49. The second-order valence-corrected chi connectivity index (χ2v) is 7.38. The van der Waals surface area contributed by atoms with Gasteiger partial charge in [0.15, 0.2) is 0 Å². The molecule has 148 valence electrons. The van der Waals surface area contributed by atoms with Crippen LogP contribution in [-0.4, -0.2) is 30.5 Å². The smallest absolute Gasteiger partial charge is 0.278 e. The minimum atomic E-state index is -0.338. The molecule has 0 aliphatic carbocycles. The van der Waals surface area contributed by atoms with Gasteiger partial charge in [-0.2, -0.15) is 0 Å². The van der Waals surface area contributed by atoms with Gasteiger partial charge in [0.25, 0.3) is 5.56 Å². The van der Waals surface area contributed by atoms with Gasteiger partial charge in [-0.25, -0.2) is 9.67 Å². The van der Waals surface area contributed by atoms with Gasteiger partial charge in [0.1, 0.15) is 17.9 Å². The van der Waals surface area contributed by atoms with Crippen LogP contribution in [0.2, 0.25) is 0 Å². The summed E-state index contributed by atoms with van der Waals surface area (Å²) in [6.07, 6.45) is 0. The molecule has 2 heterocycles. The van der Waals surface area contributed by atoms with Crippen molar-refractivity contribution in [2.75, 3.05) is 0 Å². The molecule has 2 aromatic carbocycles. The van der Waals surface area contributed by atoms with Crippen LogP contribution < -0.4 is 10.9 Å². The molecule has 1 amide bonds. The number of carbonyl (C=O) groups is 1. The Kier molecular flexibility index (Phi) is 4.84. The second-order valence-electron chi connectivity index (χ2n) is 7.38. The summed E-state index contributed by atoms with van der Waals surface area (Å²) in [4.78, 5) is 30.0. The average Bonchev–Trinajstić information content (AvgIpc) is 3.05. The summed E-state index contributed by atoms with van der Waals surface area (Å²) < 4.78 is 3.08. The number of fused-ring (bicyclic) bond motifs is 2. The third kappa shape index (κ3) is 3.49. The Morgan fingerprint density at radius 3 is 2.48 bits per heavy atom. The Morgan fingerprint density at radius 2 is 1.76 bits per heavy atom. The number of benzene rings is 2. The Balaban J connectivity index is 1.61. The number of para-hydroxylation sites is 2. The summed E-state index contributed by atoms with van der Waals surface area (Å²) in [6, 6.07) is 14.5. The van der Waals surface area contributed by atoms with Gasteiger partial charge in [-0.3, -0.25) is 9.59 Å². The largest absolute Gasteiger partial charge is 0.344 e. The number of hydrogen-bond donors (Lipinski definition) is 1. The van der Waals surface area contributed by atoms with E-state index in [0.29, 0.717) is 10.9 Å². The highest BCUT2D eigenvalue weighted by molar-refractivity contribution is 5.79. The zero-order chi connectivity index (χ0) is 20.5. The van der Waals surface area contributed by atoms with E-state index in [1.54, 1.807) is 24.3 Å². The van der Waals surface area contributed by atoms with E-state index in [2.05, 4.69) is 15.6 Å². The quantitative estimate of drug-likeness (QED) is 0.564. The predicted molar refractivity (Wildman–Crippen MR) is 110 cm³/mol. The van der Waals surface area contributed by atoms with Crippen LogP contribution in [0.25, 0.3) is 21.9 Å². The van der Waals surface area contributed by atoms with Gasteiger partial charge >= 0.3 is 0 Å². The van der Waals surface area contributed by atoms with E-state index in [9.17, 15) is 9.59 Å². The highest BCUT2D eigenvalue weighted by Gasteiger charge is 2.24. The standard InChI is InChI=1S/C21H22N6O2/c1-13(2)19(20-22-16-10-6-7-11-17(16)26(20)3)23-18(28)12-27-21(29)14-8-4-5-9-15(14)24-25-27/h4-11,13,19H,12H2,1-3H3,(H,23,28)/t19-/m0/s1. The lowest BCUT2D eigenvalue weighted by Crippen LogP contribution is -2.38. The first-order chi connectivity index (χ1) is 14.0. The molecular weight excluding hydrogens is 368 g/mol. The summed E-state index contributed by atoms with van der Waals surface area (Å²) in [5.41, 5.74) is 2.05. The van der Waals surface area contributed by atoms with E-state index < -0.39 is 0 Å². The number of aromatic nitrogens is 5. The predicted octanol–water partition coefficient (Wildman–Crippen LogP) is 2.19. The first-order valence-corrected chi connectivity index (χ1v) is 9.49. The lowest BCUT2D eigenvalue weighted by atomic mass is 10.0. The third-order valence-corrected chi connectivity index (χ3v) is 5.01. The number of nitrogens with zero attached hydrogens (tertiary/aromatic N) is 5. The van der Waals surface area contributed by atoms with Gasteiger partial charge in [-0.1, -0.05) is 43.3 Å². The number of carbonyl (C=O) groups excluding carboxylic acids is 1. The van der Waals surface area contributed by atoms with E-state index in [4.69, 9.17) is 4.98 Å². The maximum atomic E-state index is 12.7. The van der Waals surface area contributed by atoms with Crippen molar-refractivity contribution < 1.29 is 4.79 Å². The highest BCUT2D eigenvalue weighted by Crippen LogP contribution is 2.24. The van der Waals surface area contributed by atoms with Crippen molar-refractivity contribution in [1.29, 1.82) is 0 Å². The molecule has 0 saturated heterocycles. The highest BCUT2D eigenvalue weighted by atomic mass is 16.2. The Hall–Kier alpha value is -3.55. The fraction of sp³-hybridized carbons (Fsp3) is 0.286. The van der Waals surface area contributed by atoms with E-state index in [-0.39, 0.29) is 30.0 Å². The van der Waals surface area contributed by atoms with Crippen molar-refractivity contribution in [3.8, 4) is 0 Å². The van der Waals surface area contributed by atoms with E-state index in [1.807, 2.05) is 49.7 Å². The summed E-state index contributed by atoms with van der Waals surface area (Å²) >= 11 is 0. The molecule has 4 rings (SSSR count). The molecule has 2 aromatic heterocycles. The zero-order valence-electron chi connectivity index (χ0n) is 16.5. The minimum absolute atomic E-state index is 0.105. The molecule has 0 aliphatic rings. The fourth-order valence-electron chi connectivity index (χ4n) is 3.45. The van der Waals surface area contributed by atoms with Crippen LogP contribution in [-0.2, 0) is 18.4 Å². The van der Waals surface area contributed by atoms with Crippen LogP contribution in [0.5, 0.6) is 0 Å². The number of rotatable bonds is 5. The van der Waals surface area contributed by atoms with Crippen molar-refractivity contribution >= 4 is 27.8 Å². The Bertz CT molecular complexity index is 1260. The molecule has 0 aliphatic heterocycles. The molecule has 0 bridgehead atoms. The molecule has 0 unspecified atom stereocenters.